The Morgan fingerprint density at radius 3 is 2.75 bits per heavy atom. The fourth-order valence-corrected chi connectivity index (χ4v) is 0.892. The quantitative estimate of drug-likeness (QED) is 0.495. The zero-order valence-electron chi connectivity index (χ0n) is 6.91. The van der Waals surface area contributed by atoms with Gasteiger partial charge in [-0.15, -0.1) is 0 Å². The van der Waals surface area contributed by atoms with Crippen LogP contribution in [0.2, 0.25) is 0 Å². The maximum atomic E-state index is 10.7. The molecule has 0 aliphatic heterocycles. The molecule has 0 spiro atoms. The molecule has 0 unspecified atom stereocenters. The Bertz CT molecular complexity index is 301. The number of rotatable bonds is 1. The lowest BCUT2D eigenvalue weighted by Gasteiger charge is -2.11. The Labute approximate surface area is 76.0 Å². The van der Waals surface area contributed by atoms with E-state index in [-0.39, 0.29) is 0 Å². The highest BCUT2D eigenvalue weighted by molar-refractivity contribution is 6.66. The molecule has 0 atom stereocenters. The van der Waals surface area contributed by atoms with E-state index in [1.54, 1.807) is 13.1 Å². The number of aromatic nitrogens is 1. The van der Waals surface area contributed by atoms with Crippen molar-refractivity contribution in [1.82, 2.24) is 4.98 Å². The minimum Gasteiger partial charge on any atom is -0.286 e. The second kappa shape index (κ2) is 3.54. The molecule has 1 amide bonds. The van der Waals surface area contributed by atoms with Crippen molar-refractivity contribution in [3.05, 3.63) is 23.9 Å². The number of halogens is 1. The van der Waals surface area contributed by atoms with Gasteiger partial charge in [-0.2, -0.15) is 0 Å². The van der Waals surface area contributed by atoms with Crippen LogP contribution in [-0.4, -0.2) is 17.4 Å². The number of hydrogen-bond acceptors (Lipinski definition) is 2. The molecule has 0 N–H and O–H groups in total. The van der Waals surface area contributed by atoms with E-state index in [2.05, 4.69) is 4.98 Å². The van der Waals surface area contributed by atoms with Crippen LogP contribution >= 0.6 is 11.6 Å². The lowest BCUT2D eigenvalue weighted by molar-refractivity contribution is 0.265. The van der Waals surface area contributed by atoms with Crippen LogP contribution in [0.25, 0.3) is 0 Å². The van der Waals surface area contributed by atoms with Gasteiger partial charge in [0.25, 0.3) is 0 Å². The Morgan fingerprint density at radius 1 is 1.58 bits per heavy atom. The minimum atomic E-state index is -0.534. The molecule has 0 saturated carbocycles. The van der Waals surface area contributed by atoms with Crippen LogP contribution in [-0.2, 0) is 0 Å². The smallest absolute Gasteiger partial charge is 0.286 e. The summed E-state index contributed by atoms with van der Waals surface area (Å²) in [4.78, 5) is 16.1. The number of aryl methyl sites for hydroxylation is 1. The van der Waals surface area contributed by atoms with Crippen molar-refractivity contribution in [2.24, 2.45) is 0 Å². The molecule has 1 aromatic rings. The van der Waals surface area contributed by atoms with E-state index >= 15 is 0 Å². The molecule has 12 heavy (non-hydrogen) atoms. The third-order valence-electron chi connectivity index (χ3n) is 1.48. The number of anilines is 1. The van der Waals surface area contributed by atoms with E-state index in [1.165, 1.54) is 4.90 Å². The number of hydrogen-bond donors (Lipinski definition) is 0. The van der Waals surface area contributed by atoms with Gasteiger partial charge in [0.1, 0.15) is 5.82 Å². The molecular weight excluding hydrogens is 176 g/mol. The molecule has 0 aliphatic carbocycles. The molecule has 4 heteroatoms. The van der Waals surface area contributed by atoms with Gasteiger partial charge in [-0.1, -0.05) is 6.07 Å². The first-order valence-corrected chi connectivity index (χ1v) is 3.86. The van der Waals surface area contributed by atoms with Crippen molar-refractivity contribution in [2.45, 2.75) is 6.92 Å². The zero-order valence-corrected chi connectivity index (χ0v) is 7.67. The normalized spacial score (nSPS) is 9.58. The number of carbonyl (C=O) groups is 1. The van der Waals surface area contributed by atoms with Gasteiger partial charge in [0.15, 0.2) is 0 Å². The Balaban J connectivity index is 2.95. The third kappa shape index (κ3) is 1.95. The first-order valence-electron chi connectivity index (χ1n) is 3.48. The van der Waals surface area contributed by atoms with Crippen molar-refractivity contribution in [1.29, 1.82) is 0 Å². The highest BCUT2D eigenvalue weighted by Crippen LogP contribution is 2.10. The van der Waals surface area contributed by atoms with Crippen molar-refractivity contribution in [3.8, 4) is 0 Å². The predicted molar refractivity (Wildman–Crippen MR) is 48.6 cm³/mol. The Kier molecular flexibility index (Phi) is 2.65. The summed E-state index contributed by atoms with van der Waals surface area (Å²) in [5.74, 6) is 0.565. The summed E-state index contributed by atoms with van der Waals surface area (Å²) in [5, 5.41) is -0.534. The van der Waals surface area contributed by atoms with Gasteiger partial charge in [-0.25, -0.2) is 4.98 Å². The molecule has 0 saturated heterocycles. The molecule has 0 radical (unpaired) electrons. The molecule has 3 nitrogen and oxygen atoms in total. The van der Waals surface area contributed by atoms with Gasteiger partial charge in [-0.3, -0.25) is 9.69 Å². The molecule has 0 bridgehead atoms. The van der Waals surface area contributed by atoms with Crippen LogP contribution in [0.3, 0.4) is 0 Å². The van der Waals surface area contributed by atoms with Crippen molar-refractivity contribution in [2.75, 3.05) is 11.9 Å². The number of carbonyl (C=O) groups excluding carboxylic acids is 1. The lowest BCUT2D eigenvalue weighted by Crippen LogP contribution is -2.20. The van der Waals surface area contributed by atoms with Crippen LogP contribution < -0.4 is 4.90 Å². The van der Waals surface area contributed by atoms with Gasteiger partial charge in [-0.05, 0) is 30.7 Å². The van der Waals surface area contributed by atoms with Gasteiger partial charge in [0, 0.05) is 12.7 Å². The summed E-state index contributed by atoms with van der Waals surface area (Å²) < 4.78 is 0. The average Bonchev–Trinajstić information content (AvgIpc) is 2.03. The molecule has 0 aliphatic rings. The summed E-state index contributed by atoms with van der Waals surface area (Å²) in [5.41, 5.74) is 0.859. The van der Waals surface area contributed by atoms with Gasteiger partial charge in [0.2, 0.25) is 0 Å². The lowest BCUT2D eigenvalue weighted by atomic mass is 10.4. The fourth-order valence-electron chi connectivity index (χ4n) is 0.806. The SMILES string of the molecule is Cc1cccc(N(C)C(=O)Cl)n1. The number of amides is 1. The second-order valence-corrected chi connectivity index (χ2v) is 2.77. The van der Waals surface area contributed by atoms with Crippen molar-refractivity contribution in [3.63, 3.8) is 0 Å². The van der Waals surface area contributed by atoms with E-state index in [9.17, 15) is 4.79 Å². The fraction of sp³-hybridized carbons (Fsp3) is 0.250. The summed E-state index contributed by atoms with van der Waals surface area (Å²) in [6, 6.07) is 5.41. The van der Waals surface area contributed by atoms with Crippen molar-refractivity contribution < 1.29 is 4.79 Å². The maximum absolute atomic E-state index is 10.7. The third-order valence-corrected chi connectivity index (χ3v) is 1.73. The summed E-state index contributed by atoms with van der Waals surface area (Å²) in [6.45, 7) is 1.86. The highest BCUT2D eigenvalue weighted by Gasteiger charge is 2.07. The van der Waals surface area contributed by atoms with Gasteiger partial charge in [0.05, 0.1) is 0 Å². The minimum absolute atomic E-state index is 0.534. The van der Waals surface area contributed by atoms with Crippen LogP contribution in [0, 0.1) is 6.92 Å². The van der Waals surface area contributed by atoms with E-state index in [1.807, 2.05) is 19.1 Å². The summed E-state index contributed by atoms with van der Waals surface area (Å²) in [6.07, 6.45) is 0. The topological polar surface area (TPSA) is 33.2 Å². The first kappa shape index (κ1) is 9.00. The van der Waals surface area contributed by atoms with Crippen molar-refractivity contribution >= 4 is 22.8 Å². The Hall–Kier alpha value is -1.09. The Morgan fingerprint density at radius 2 is 2.25 bits per heavy atom. The van der Waals surface area contributed by atoms with Gasteiger partial charge < -0.3 is 0 Å². The molecule has 1 heterocycles. The van der Waals surface area contributed by atoms with Crippen LogP contribution in [0.1, 0.15) is 5.69 Å². The average molecular weight is 185 g/mol. The molecule has 1 aromatic heterocycles. The first-order chi connectivity index (χ1) is 5.61. The predicted octanol–water partition coefficient (Wildman–Crippen LogP) is 2.19. The second-order valence-electron chi connectivity index (χ2n) is 2.45. The van der Waals surface area contributed by atoms with Crippen LogP contribution in [0.4, 0.5) is 10.6 Å². The molecule has 0 aromatic carbocycles. The van der Waals surface area contributed by atoms with E-state index in [4.69, 9.17) is 11.6 Å². The highest BCUT2D eigenvalue weighted by atomic mass is 35.5. The number of nitrogens with zero attached hydrogens (tertiary/aromatic N) is 2. The molecular formula is C8H9ClN2O. The summed E-state index contributed by atoms with van der Waals surface area (Å²) in [7, 11) is 1.58. The largest absolute Gasteiger partial charge is 0.321 e. The van der Waals surface area contributed by atoms with E-state index in [0.717, 1.165) is 5.69 Å². The maximum Gasteiger partial charge on any atom is 0.321 e. The number of pyridine rings is 1. The molecule has 1 rings (SSSR count). The van der Waals surface area contributed by atoms with Crippen LogP contribution in [0.15, 0.2) is 18.2 Å². The standard InChI is InChI=1S/C8H9ClN2O/c1-6-4-3-5-7(10-6)11(2)8(9)12/h3-5H,1-2H3. The van der Waals surface area contributed by atoms with E-state index in [0.29, 0.717) is 5.82 Å². The van der Waals surface area contributed by atoms with Gasteiger partial charge >= 0.3 is 5.37 Å². The monoisotopic (exact) mass is 184 g/mol. The zero-order chi connectivity index (χ0) is 9.14. The van der Waals surface area contributed by atoms with Crippen LogP contribution in [0.5, 0.6) is 0 Å². The summed E-state index contributed by atoms with van der Waals surface area (Å²) >= 11 is 5.26. The molecule has 64 valence electrons. The molecule has 0 fully saturated rings. The van der Waals surface area contributed by atoms with E-state index < -0.39 is 5.37 Å².